The van der Waals surface area contributed by atoms with Gasteiger partial charge in [-0.25, -0.2) is 17.2 Å². The van der Waals surface area contributed by atoms with Crippen LogP contribution < -0.4 is 4.72 Å². The second kappa shape index (κ2) is 4.97. The zero-order valence-corrected chi connectivity index (χ0v) is 10.8. The second-order valence-electron chi connectivity index (χ2n) is 3.95. The van der Waals surface area contributed by atoms with E-state index >= 15 is 0 Å². The van der Waals surface area contributed by atoms with Crippen LogP contribution in [0.3, 0.4) is 0 Å². The van der Waals surface area contributed by atoms with Gasteiger partial charge in [0.05, 0.1) is 10.6 Å². The van der Waals surface area contributed by atoms with Crippen LogP contribution in [0.15, 0.2) is 47.4 Å². The van der Waals surface area contributed by atoms with Crippen LogP contribution in [0.1, 0.15) is 5.56 Å². The van der Waals surface area contributed by atoms with Crippen LogP contribution >= 0.6 is 0 Å². The molecule has 0 bridgehead atoms. The lowest BCUT2D eigenvalue weighted by Crippen LogP contribution is -2.14. The van der Waals surface area contributed by atoms with Crippen molar-refractivity contribution in [2.24, 2.45) is 0 Å². The maximum atomic E-state index is 13.7. The van der Waals surface area contributed by atoms with E-state index in [0.717, 1.165) is 12.1 Å². The molecule has 19 heavy (non-hydrogen) atoms. The Morgan fingerprint density at radius 1 is 1.00 bits per heavy atom. The smallest absolute Gasteiger partial charge is 0.261 e. The molecule has 100 valence electrons. The lowest BCUT2D eigenvalue weighted by molar-refractivity contribution is 0.569. The first-order valence-electron chi connectivity index (χ1n) is 5.44. The Kier molecular flexibility index (Phi) is 3.53. The summed E-state index contributed by atoms with van der Waals surface area (Å²) in [6, 6.07) is 9.62. The average Bonchev–Trinajstić information content (AvgIpc) is 2.40. The summed E-state index contributed by atoms with van der Waals surface area (Å²) in [5, 5.41) is 0. The fourth-order valence-corrected chi connectivity index (χ4v) is 2.62. The van der Waals surface area contributed by atoms with Crippen molar-refractivity contribution in [3.63, 3.8) is 0 Å². The van der Waals surface area contributed by atoms with Crippen molar-refractivity contribution in [3.8, 4) is 0 Å². The first-order chi connectivity index (χ1) is 8.92. The maximum Gasteiger partial charge on any atom is 0.261 e. The Bertz CT molecular complexity index is 700. The minimum Gasteiger partial charge on any atom is -0.277 e. The maximum absolute atomic E-state index is 13.7. The number of sulfonamides is 1. The minimum absolute atomic E-state index is 0.0105. The molecule has 0 aliphatic carbocycles. The van der Waals surface area contributed by atoms with Crippen LogP contribution in [0.5, 0.6) is 0 Å². The highest BCUT2D eigenvalue weighted by Crippen LogP contribution is 2.23. The summed E-state index contributed by atoms with van der Waals surface area (Å²) in [5.41, 5.74) is -0.504. The van der Waals surface area contributed by atoms with E-state index < -0.39 is 21.7 Å². The van der Waals surface area contributed by atoms with E-state index in [9.17, 15) is 17.2 Å². The predicted molar refractivity (Wildman–Crippen MR) is 68.3 cm³/mol. The van der Waals surface area contributed by atoms with Crippen LogP contribution in [-0.4, -0.2) is 8.42 Å². The standard InChI is InChI=1S/C13H11F2NO2S/c1-9-11(14)7-8-12(13(9)15)16-19(17,18)10-5-3-2-4-6-10/h2-8,16H,1H3. The summed E-state index contributed by atoms with van der Waals surface area (Å²) >= 11 is 0. The Morgan fingerprint density at radius 3 is 2.26 bits per heavy atom. The molecule has 0 unspecified atom stereocenters. The Balaban J connectivity index is 2.40. The molecule has 0 spiro atoms. The van der Waals surface area contributed by atoms with Gasteiger partial charge in [0.25, 0.3) is 10.0 Å². The van der Waals surface area contributed by atoms with Crippen molar-refractivity contribution in [3.05, 3.63) is 59.7 Å². The van der Waals surface area contributed by atoms with Crippen LogP contribution in [0.2, 0.25) is 0 Å². The summed E-state index contributed by atoms with van der Waals surface area (Å²) < 4.78 is 52.9. The molecule has 1 N–H and O–H groups in total. The quantitative estimate of drug-likeness (QED) is 0.941. The van der Waals surface area contributed by atoms with Crippen LogP contribution in [0.4, 0.5) is 14.5 Å². The van der Waals surface area contributed by atoms with E-state index in [4.69, 9.17) is 0 Å². The highest BCUT2D eigenvalue weighted by atomic mass is 32.2. The molecular weight excluding hydrogens is 272 g/mol. The van der Waals surface area contributed by atoms with Gasteiger partial charge in [-0.3, -0.25) is 4.72 Å². The van der Waals surface area contributed by atoms with E-state index in [-0.39, 0.29) is 16.1 Å². The number of hydrogen-bond donors (Lipinski definition) is 1. The van der Waals surface area contributed by atoms with Gasteiger partial charge in [-0.05, 0) is 31.2 Å². The Hall–Kier alpha value is -1.95. The molecule has 0 atom stereocenters. The molecular formula is C13H11F2NO2S. The third-order valence-electron chi connectivity index (χ3n) is 2.62. The number of hydrogen-bond acceptors (Lipinski definition) is 2. The van der Waals surface area contributed by atoms with Crippen LogP contribution in [0, 0.1) is 18.6 Å². The molecule has 0 aliphatic rings. The lowest BCUT2D eigenvalue weighted by atomic mass is 10.2. The highest BCUT2D eigenvalue weighted by Gasteiger charge is 2.17. The van der Waals surface area contributed by atoms with Gasteiger partial charge in [-0.2, -0.15) is 0 Å². The summed E-state index contributed by atoms with van der Waals surface area (Å²) in [4.78, 5) is 0.0105. The molecule has 0 amide bonds. The van der Waals surface area contributed by atoms with Gasteiger partial charge in [0, 0.05) is 5.56 Å². The summed E-state index contributed by atoms with van der Waals surface area (Å²) in [6.07, 6.45) is 0. The van der Waals surface area contributed by atoms with Gasteiger partial charge in [0.1, 0.15) is 5.82 Å². The van der Waals surface area contributed by atoms with E-state index in [2.05, 4.69) is 4.72 Å². The molecule has 6 heteroatoms. The predicted octanol–water partition coefficient (Wildman–Crippen LogP) is 3.07. The van der Waals surface area contributed by atoms with Crippen molar-refractivity contribution in [1.82, 2.24) is 0 Å². The van der Waals surface area contributed by atoms with E-state index in [1.54, 1.807) is 18.2 Å². The Morgan fingerprint density at radius 2 is 1.63 bits per heavy atom. The second-order valence-corrected chi connectivity index (χ2v) is 5.63. The molecule has 2 rings (SSSR count). The van der Waals surface area contributed by atoms with E-state index in [1.165, 1.54) is 19.1 Å². The molecule has 0 aliphatic heterocycles. The topological polar surface area (TPSA) is 46.2 Å². The number of benzene rings is 2. The number of nitrogens with one attached hydrogen (secondary N) is 1. The van der Waals surface area contributed by atoms with Crippen molar-refractivity contribution < 1.29 is 17.2 Å². The number of rotatable bonds is 3. The molecule has 0 aromatic heterocycles. The molecule has 2 aromatic rings. The van der Waals surface area contributed by atoms with Gasteiger partial charge >= 0.3 is 0 Å². The van der Waals surface area contributed by atoms with Crippen LogP contribution in [0.25, 0.3) is 0 Å². The fourth-order valence-electron chi connectivity index (χ4n) is 1.54. The van der Waals surface area contributed by atoms with Crippen molar-refractivity contribution in [1.29, 1.82) is 0 Å². The van der Waals surface area contributed by atoms with Gasteiger partial charge < -0.3 is 0 Å². The molecule has 0 saturated heterocycles. The zero-order chi connectivity index (χ0) is 14.0. The molecule has 0 heterocycles. The zero-order valence-electron chi connectivity index (χ0n) is 10.0. The van der Waals surface area contributed by atoms with E-state index in [1.807, 2.05) is 0 Å². The molecule has 0 radical (unpaired) electrons. The first kappa shape index (κ1) is 13.5. The normalized spacial score (nSPS) is 11.3. The monoisotopic (exact) mass is 283 g/mol. The Labute approximate surface area is 109 Å². The van der Waals surface area contributed by atoms with Gasteiger partial charge in [-0.15, -0.1) is 0 Å². The minimum atomic E-state index is -3.88. The SMILES string of the molecule is Cc1c(F)ccc(NS(=O)(=O)c2ccccc2)c1F. The third-order valence-corrected chi connectivity index (χ3v) is 4.00. The molecule has 0 saturated carbocycles. The van der Waals surface area contributed by atoms with Crippen molar-refractivity contribution in [2.45, 2.75) is 11.8 Å². The summed E-state index contributed by atoms with van der Waals surface area (Å²) in [7, 11) is -3.88. The van der Waals surface area contributed by atoms with Crippen LogP contribution in [-0.2, 0) is 10.0 Å². The van der Waals surface area contributed by atoms with Gasteiger partial charge in [0.2, 0.25) is 0 Å². The third kappa shape index (κ3) is 2.73. The fraction of sp³-hybridized carbons (Fsp3) is 0.0769. The molecule has 2 aromatic carbocycles. The largest absolute Gasteiger partial charge is 0.277 e. The van der Waals surface area contributed by atoms with Gasteiger partial charge in [0.15, 0.2) is 5.82 Å². The van der Waals surface area contributed by atoms with Crippen molar-refractivity contribution >= 4 is 15.7 Å². The van der Waals surface area contributed by atoms with Crippen molar-refractivity contribution in [2.75, 3.05) is 4.72 Å². The number of halogens is 2. The summed E-state index contributed by atoms with van der Waals surface area (Å²) in [5.74, 6) is -1.64. The lowest BCUT2D eigenvalue weighted by Gasteiger charge is -2.10. The van der Waals surface area contributed by atoms with E-state index in [0.29, 0.717) is 0 Å². The summed E-state index contributed by atoms with van der Waals surface area (Å²) in [6.45, 7) is 1.24. The first-order valence-corrected chi connectivity index (χ1v) is 6.92. The highest BCUT2D eigenvalue weighted by molar-refractivity contribution is 7.92. The van der Waals surface area contributed by atoms with Gasteiger partial charge in [-0.1, -0.05) is 18.2 Å². The number of anilines is 1. The molecule has 0 fully saturated rings. The average molecular weight is 283 g/mol. The molecule has 3 nitrogen and oxygen atoms in total.